The van der Waals surface area contributed by atoms with Crippen LogP contribution in [-0.2, 0) is 0 Å². The Labute approximate surface area is 131 Å². The molecule has 0 radical (unpaired) electrons. The first-order chi connectivity index (χ1) is 10.6. The number of nitrogens with zero attached hydrogens (tertiary/aromatic N) is 1. The van der Waals surface area contributed by atoms with Gasteiger partial charge < -0.3 is 14.1 Å². The SMILES string of the molecule is CCCN(CC1CC1)C(=O)c1oc2ccc(OC)cc2c1C. The summed E-state index contributed by atoms with van der Waals surface area (Å²) in [4.78, 5) is 14.8. The van der Waals surface area contributed by atoms with Crippen molar-refractivity contribution >= 4 is 16.9 Å². The number of methoxy groups -OCH3 is 1. The zero-order chi connectivity index (χ0) is 15.7. The zero-order valence-corrected chi connectivity index (χ0v) is 13.5. The highest BCUT2D eigenvalue weighted by atomic mass is 16.5. The second-order valence-corrected chi connectivity index (χ2v) is 6.11. The van der Waals surface area contributed by atoms with Crippen LogP contribution in [0.2, 0.25) is 0 Å². The second kappa shape index (κ2) is 6.03. The fraction of sp³-hybridized carbons (Fsp3) is 0.500. The van der Waals surface area contributed by atoms with E-state index in [1.807, 2.05) is 30.0 Å². The fourth-order valence-electron chi connectivity index (χ4n) is 2.83. The third-order valence-electron chi connectivity index (χ3n) is 4.29. The number of fused-ring (bicyclic) bond motifs is 1. The van der Waals surface area contributed by atoms with Crippen LogP contribution in [0.15, 0.2) is 22.6 Å². The quantitative estimate of drug-likeness (QED) is 0.809. The number of carbonyl (C=O) groups excluding carboxylic acids is 1. The first-order valence-corrected chi connectivity index (χ1v) is 8.00. The van der Waals surface area contributed by atoms with E-state index >= 15 is 0 Å². The average Bonchev–Trinajstić information content (AvgIpc) is 3.29. The molecule has 1 aliphatic carbocycles. The smallest absolute Gasteiger partial charge is 0.289 e. The zero-order valence-electron chi connectivity index (χ0n) is 13.5. The molecule has 0 saturated heterocycles. The molecular weight excluding hydrogens is 278 g/mol. The summed E-state index contributed by atoms with van der Waals surface area (Å²) < 4.78 is 11.1. The highest BCUT2D eigenvalue weighted by Gasteiger charge is 2.29. The number of hydrogen-bond acceptors (Lipinski definition) is 3. The molecule has 118 valence electrons. The number of rotatable bonds is 6. The Morgan fingerprint density at radius 3 is 2.82 bits per heavy atom. The first kappa shape index (κ1) is 14.9. The number of benzene rings is 1. The summed E-state index contributed by atoms with van der Waals surface area (Å²) in [5.41, 5.74) is 1.64. The second-order valence-electron chi connectivity index (χ2n) is 6.11. The van der Waals surface area contributed by atoms with Crippen molar-refractivity contribution in [3.63, 3.8) is 0 Å². The van der Waals surface area contributed by atoms with Crippen molar-refractivity contribution in [3.05, 3.63) is 29.5 Å². The number of furan rings is 1. The molecule has 0 atom stereocenters. The summed E-state index contributed by atoms with van der Waals surface area (Å²) >= 11 is 0. The van der Waals surface area contributed by atoms with Gasteiger partial charge in [-0.25, -0.2) is 0 Å². The number of aryl methyl sites for hydroxylation is 1. The molecule has 0 spiro atoms. The Morgan fingerprint density at radius 1 is 1.41 bits per heavy atom. The van der Waals surface area contributed by atoms with E-state index in [1.54, 1.807) is 7.11 Å². The summed E-state index contributed by atoms with van der Waals surface area (Å²) in [6.07, 6.45) is 3.44. The van der Waals surface area contributed by atoms with Crippen LogP contribution in [0.1, 0.15) is 42.3 Å². The maximum Gasteiger partial charge on any atom is 0.289 e. The Kier molecular flexibility index (Phi) is 4.10. The van der Waals surface area contributed by atoms with Crippen LogP contribution in [0.25, 0.3) is 11.0 Å². The molecule has 1 fully saturated rings. The monoisotopic (exact) mass is 301 g/mol. The Balaban J connectivity index is 1.93. The summed E-state index contributed by atoms with van der Waals surface area (Å²) in [6, 6.07) is 5.65. The Bertz CT molecular complexity index is 685. The van der Waals surface area contributed by atoms with Crippen molar-refractivity contribution in [2.24, 2.45) is 5.92 Å². The van der Waals surface area contributed by atoms with Crippen LogP contribution in [0, 0.1) is 12.8 Å². The van der Waals surface area contributed by atoms with Crippen molar-refractivity contribution < 1.29 is 13.9 Å². The maximum absolute atomic E-state index is 12.8. The number of hydrogen-bond donors (Lipinski definition) is 0. The van der Waals surface area contributed by atoms with Gasteiger partial charge in [0, 0.05) is 24.0 Å². The summed E-state index contributed by atoms with van der Waals surface area (Å²) in [7, 11) is 1.64. The Hall–Kier alpha value is -1.97. The molecule has 1 aromatic carbocycles. The molecule has 22 heavy (non-hydrogen) atoms. The van der Waals surface area contributed by atoms with Gasteiger partial charge in [-0.2, -0.15) is 0 Å². The van der Waals surface area contributed by atoms with Crippen LogP contribution in [0.4, 0.5) is 0 Å². The van der Waals surface area contributed by atoms with Gasteiger partial charge in [0.05, 0.1) is 7.11 Å². The topological polar surface area (TPSA) is 42.7 Å². The van der Waals surface area contributed by atoms with Crippen LogP contribution < -0.4 is 4.74 Å². The van der Waals surface area contributed by atoms with Gasteiger partial charge in [0.2, 0.25) is 0 Å². The molecule has 4 heteroatoms. The van der Waals surface area contributed by atoms with E-state index in [0.29, 0.717) is 11.7 Å². The first-order valence-electron chi connectivity index (χ1n) is 8.00. The van der Waals surface area contributed by atoms with Gasteiger partial charge in [0.1, 0.15) is 11.3 Å². The van der Waals surface area contributed by atoms with Crippen LogP contribution in [-0.4, -0.2) is 31.0 Å². The van der Waals surface area contributed by atoms with E-state index < -0.39 is 0 Å². The van der Waals surface area contributed by atoms with Gasteiger partial charge in [0.25, 0.3) is 5.91 Å². The van der Waals surface area contributed by atoms with Crippen molar-refractivity contribution in [1.82, 2.24) is 4.90 Å². The molecule has 1 amide bonds. The third kappa shape index (κ3) is 2.82. The van der Waals surface area contributed by atoms with Crippen molar-refractivity contribution in [1.29, 1.82) is 0 Å². The van der Waals surface area contributed by atoms with Gasteiger partial charge >= 0.3 is 0 Å². The van der Waals surface area contributed by atoms with E-state index in [4.69, 9.17) is 9.15 Å². The van der Waals surface area contributed by atoms with Crippen molar-refractivity contribution in [2.75, 3.05) is 20.2 Å². The minimum absolute atomic E-state index is 0.0152. The molecule has 0 unspecified atom stereocenters. The van der Waals surface area contributed by atoms with Gasteiger partial charge in [0.15, 0.2) is 5.76 Å². The third-order valence-corrected chi connectivity index (χ3v) is 4.29. The van der Waals surface area contributed by atoms with Crippen molar-refractivity contribution in [3.8, 4) is 5.75 Å². The lowest BCUT2D eigenvalue weighted by Crippen LogP contribution is -2.33. The molecule has 1 saturated carbocycles. The lowest BCUT2D eigenvalue weighted by molar-refractivity contribution is 0.0717. The van der Waals surface area contributed by atoms with Crippen LogP contribution in [0.3, 0.4) is 0 Å². The van der Waals surface area contributed by atoms with Gasteiger partial charge in [-0.15, -0.1) is 0 Å². The predicted molar refractivity (Wildman–Crippen MR) is 86.4 cm³/mol. The van der Waals surface area contributed by atoms with E-state index in [1.165, 1.54) is 12.8 Å². The molecule has 1 aromatic heterocycles. The Morgan fingerprint density at radius 2 is 2.18 bits per heavy atom. The van der Waals surface area contributed by atoms with Crippen LogP contribution >= 0.6 is 0 Å². The largest absolute Gasteiger partial charge is 0.497 e. The number of carbonyl (C=O) groups is 1. The molecule has 2 aromatic rings. The van der Waals surface area contributed by atoms with Gasteiger partial charge in [-0.3, -0.25) is 4.79 Å². The molecule has 0 bridgehead atoms. The predicted octanol–water partition coefficient (Wildman–Crippen LogP) is 4.01. The number of amides is 1. The molecule has 1 aliphatic rings. The molecule has 0 aliphatic heterocycles. The summed E-state index contributed by atoms with van der Waals surface area (Å²) in [5.74, 6) is 1.94. The molecule has 1 heterocycles. The summed E-state index contributed by atoms with van der Waals surface area (Å²) in [5, 5.41) is 0.950. The lowest BCUT2D eigenvalue weighted by atomic mass is 10.1. The minimum atomic E-state index is 0.0152. The van der Waals surface area contributed by atoms with Crippen LogP contribution in [0.5, 0.6) is 5.75 Å². The standard InChI is InChI=1S/C18H23NO3/c1-4-9-19(11-13-5-6-13)18(20)17-12(2)15-10-14(21-3)7-8-16(15)22-17/h7-8,10,13H,4-6,9,11H2,1-3H3. The van der Waals surface area contributed by atoms with Crippen molar-refractivity contribution in [2.45, 2.75) is 33.1 Å². The molecule has 3 rings (SSSR count). The van der Waals surface area contributed by atoms with Gasteiger partial charge in [-0.05, 0) is 50.3 Å². The highest BCUT2D eigenvalue weighted by molar-refractivity contribution is 5.99. The molecule has 0 N–H and O–H groups in total. The van der Waals surface area contributed by atoms with E-state index in [9.17, 15) is 4.79 Å². The number of ether oxygens (including phenoxy) is 1. The normalized spacial score (nSPS) is 14.3. The average molecular weight is 301 g/mol. The van der Waals surface area contributed by atoms with E-state index in [0.717, 1.165) is 41.8 Å². The minimum Gasteiger partial charge on any atom is -0.497 e. The fourth-order valence-corrected chi connectivity index (χ4v) is 2.83. The summed E-state index contributed by atoms with van der Waals surface area (Å²) in [6.45, 7) is 5.69. The molecule has 4 nitrogen and oxygen atoms in total. The lowest BCUT2D eigenvalue weighted by Gasteiger charge is -2.21. The van der Waals surface area contributed by atoms with Gasteiger partial charge in [-0.1, -0.05) is 6.92 Å². The molecular formula is C18H23NO3. The van der Waals surface area contributed by atoms with E-state index in [2.05, 4.69) is 6.92 Å². The van der Waals surface area contributed by atoms with E-state index in [-0.39, 0.29) is 5.91 Å². The highest BCUT2D eigenvalue weighted by Crippen LogP contribution is 2.32. The maximum atomic E-state index is 12.8.